The van der Waals surface area contributed by atoms with Gasteiger partial charge in [-0.25, -0.2) is 4.39 Å². The van der Waals surface area contributed by atoms with E-state index in [1.807, 2.05) is 6.07 Å². The molecule has 1 amide bonds. The van der Waals surface area contributed by atoms with E-state index < -0.39 is 5.82 Å². The van der Waals surface area contributed by atoms with Crippen LogP contribution in [0.1, 0.15) is 36.5 Å². The van der Waals surface area contributed by atoms with Crippen LogP contribution in [0.5, 0.6) is 5.75 Å². The first-order chi connectivity index (χ1) is 14.0. The lowest BCUT2D eigenvalue weighted by Crippen LogP contribution is -2.39. The molecule has 2 aliphatic heterocycles. The number of methoxy groups -OCH3 is 1. The molecule has 2 saturated heterocycles. The van der Waals surface area contributed by atoms with Crippen LogP contribution in [0.3, 0.4) is 0 Å². The minimum absolute atomic E-state index is 0.193. The Balaban J connectivity index is 1.40. The first-order valence-corrected chi connectivity index (χ1v) is 10.3. The summed E-state index contributed by atoms with van der Waals surface area (Å²) < 4.78 is 19.8. The molecule has 2 aromatic carbocycles. The van der Waals surface area contributed by atoms with Crippen molar-refractivity contribution in [1.82, 2.24) is 4.90 Å². The second kappa shape index (κ2) is 8.41. The normalized spacial score (nSPS) is 22.1. The fraction of sp³-hybridized carbons (Fsp3) is 0.435. The molecule has 2 unspecified atom stereocenters. The predicted octanol–water partition coefficient (Wildman–Crippen LogP) is 4.15. The molecule has 0 radical (unpaired) electrons. The number of hydrogen-bond acceptors (Lipinski definition) is 4. The quantitative estimate of drug-likeness (QED) is 0.823. The molecule has 2 aliphatic rings. The van der Waals surface area contributed by atoms with Crippen molar-refractivity contribution in [2.45, 2.75) is 38.3 Å². The summed E-state index contributed by atoms with van der Waals surface area (Å²) in [5, 5.41) is 2.66. The number of anilines is 2. The first-order valence-electron chi connectivity index (χ1n) is 10.3. The number of likely N-dealkylation sites (tertiary alicyclic amines) is 1. The lowest BCUT2D eigenvalue weighted by Gasteiger charge is -2.28. The average Bonchev–Trinajstić information content (AvgIpc) is 3.38. The zero-order valence-electron chi connectivity index (χ0n) is 17.0. The Bertz CT molecular complexity index is 871. The number of nitrogens with one attached hydrogen (secondary N) is 1. The van der Waals surface area contributed by atoms with E-state index >= 15 is 0 Å². The zero-order chi connectivity index (χ0) is 20.4. The highest BCUT2D eigenvalue weighted by Gasteiger charge is 2.33. The van der Waals surface area contributed by atoms with E-state index in [-0.39, 0.29) is 11.6 Å². The molecule has 0 bridgehead atoms. The van der Waals surface area contributed by atoms with Crippen molar-refractivity contribution < 1.29 is 13.9 Å². The Hall–Kier alpha value is -2.60. The highest BCUT2D eigenvalue weighted by atomic mass is 19.1. The molecule has 6 heteroatoms. The Morgan fingerprint density at radius 1 is 1.14 bits per heavy atom. The molecule has 4 rings (SSSR count). The molecular formula is C23H28FN3O2. The summed E-state index contributed by atoms with van der Waals surface area (Å²) in [4.78, 5) is 17.2. The lowest BCUT2D eigenvalue weighted by atomic mass is 10.2. The number of hydrogen-bond donors (Lipinski definition) is 1. The summed E-state index contributed by atoms with van der Waals surface area (Å²) in [6.45, 7) is 5.34. The van der Waals surface area contributed by atoms with Gasteiger partial charge in [0.15, 0.2) is 0 Å². The summed E-state index contributed by atoms with van der Waals surface area (Å²) in [6.07, 6.45) is 3.66. The fourth-order valence-electron chi connectivity index (χ4n) is 4.48. The van der Waals surface area contributed by atoms with Gasteiger partial charge in [0.1, 0.15) is 11.6 Å². The van der Waals surface area contributed by atoms with E-state index in [0.717, 1.165) is 25.2 Å². The Morgan fingerprint density at radius 3 is 2.59 bits per heavy atom. The van der Waals surface area contributed by atoms with Crippen LogP contribution in [0.2, 0.25) is 0 Å². The summed E-state index contributed by atoms with van der Waals surface area (Å²) in [5.74, 6) is -0.0877. The van der Waals surface area contributed by atoms with E-state index in [9.17, 15) is 9.18 Å². The van der Waals surface area contributed by atoms with Crippen molar-refractivity contribution in [3.05, 3.63) is 53.8 Å². The van der Waals surface area contributed by atoms with Gasteiger partial charge in [-0.3, -0.25) is 9.69 Å². The highest BCUT2D eigenvalue weighted by molar-refractivity contribution is 6.04. The van der Waals surface area contributed by atoms with Crippen LogP contribution >= 0.6 is 0 Å². The van der Waals surface area contributed by atoms with Crippen molar-refractivity contribution in [3.8, 4) is 5.75 Å². The lowest BCUT2D eigenvalue weighted by molar-refractivity contribution is 0.102. The van der Waals surface area contributed by atoms with Crippen molar-refractivity contribution >= 4 is 17.3 Å². The number of ether oxygens (including phenoxy) is 1. The highest BCUT2D eigenvalue weighted by Crippen LogP contribution is 2.30. The van der Waals surface area contributed by atoms with Crippen molar-refractivity contribution in [2.75, 3.05) is 37.0 Å². The molecule has 0 saturated carbocycles. The molecule has 2 aromatic rings. The smallest absolute Gasteiger partial charge is 0.255 e. The number of carbonyl (C=O) groups excluding carboxylic acids is 1. The van der Waals surface area contributed by atoms with Gasteiger partial charge in [-0.05, 0) is 75.2 Å². The van der Waals surface area contributed by atoms with Crippen LogP contribution in [0.4, 0.5) is 15.8 Å². The van der Waals surface area contributed by atoms with Gasteiger partial charge in [0.25, 0.3) is 5.91 Å². The topological polar surface area (TPSA) is 44.8 Å². The Morgan fingerprint density at radius 2 is 1.93 bits per heavy atom. The molecule has 2 heterocycles. The first kappa shape index (κ1) is 19.7. The number of nitrogens with zero attached hydrogens (tertiary/aromatic N) is 2. The largest absolute Gasteiger partial charge is 0.497 e. The Kier molecular flexibility index (Phi) is 5.72. The van der Waals surface area contributed by atoms with Gasteiger partial charge in [0, 0.05) is 36.4 Å². The van der Waals surface area contributed by atoms with Crippen LogP contribution in [-0.2, 0) is 0 Å². The maximum atomic E-state index is 14.7. The summed E-state index contributed by atoms with van der Waals surface area (Å²) in [7, 11) is 1.57. The summed E-state index contributed by atoms with van der Waals surface area (Å²) in [6, 6.07) is 13.0. The molecule has 29 heavy (non-hydrogen) atoms. The van der Waals surface area contributed by atoms with Gasteiger partial charge in [-0.2, -0.15) is 0 Å². The van der Waals surface area contributed by atoms with Gasteiger partial charge in [-0.1, -0.05) is 0 Å². The third kappa shape index (κ3) is 4.22. The molecule has 5 nitrogen and oxygen atoms in total. The van der Waals surface area contributed by atoms with E-state index in [4.69, 9.17) is 4.74 Å². The number of benzene rings is 2. The molecule has 2 fully saturated rings. The monoisotopic (exact) mass is 397 g/mol. The molecule has 0 spiro atoms. The minimum atomic E-state index is -0.414. The summed E-state index contributed by atoms with van der Waals surface area (Å²) >= 11 is 0. The molecule has 0 aliphatic carbocycles. The van der Waals surface area contributed by atoms with E-state index in [2.05, 4.69) is 22.0 Å². The van der Waals surface area contributed by atoms with Crippen LogP contribution < -0.4 is 15.0 Å². The molecular weight excluding hydrogens is 369 g/mol. The van der Waals surface area contributed by atoms with Crippen LogP contribution in [0.15, 0.2) is 42.5 Å². The van der Waals surface area contributed by atoms with Gasteiger partial charge < -0.3 is 15.0 Å². The van der Waals surface area contributed by atoms with Gasteiger partial charge in [0.2, 0.25) is 0 Å². The maximum Gasteiger partial charge on any atom is 0.255 e. The van der Waals surface area contributed by atoms with E-state index in [0.29, 0.717) is 23.4 Å². The predicted molar refractivity (Wildman–Crippen MR) is 113 cm³/mol. The SMILES string of the molecule is COc1ccc(C(=O)Nc2ccc(N3CCC(N4CCCC4C)C3)cc2F)cc1. The van der Waals surface area contributed by atoms with Crippen LogP contribution in [0, 0.1) is 5.82 Å². The molecule has 2 atom stereocenters. The second-order valence-corrected chi connectivity index (χ2v) is 7.96. The maximum absolute atomic E-state index is 14.7. The molecule has 1 N–H and O–H groups in total. The van der Waals surface area contributed by atoms with Gasteiger partial charge in [-0.15, -0.1) is 0 Å². The third-order valence-electron chi connectivity index (χ3n) is 6.15. The van der Waals surface area contributed by atoms with Crippen molar-refractivity contribution in [3.63, 3.8) is 0 Å². The van der Waals surface area contributed by atoms with Crippen LogP contribution in [0.25, 0.3) is 0 Å². The number of carbonyl (C=O) groups is 1. The fourth-order valence-corrected chi connectivity index (χ4v) is 4.48. The standard InChI is InChI=1S/C23H28FN3O2/c1-16-4-3-12-27(16)19-11-13-26(15-19)18-7-10-22(21(24)14-18)25-23(28)17-5-8-20(29-2)9-6-17/h5-10,14,16,19H,3-4,11-13,15H2,1-2H3,(H,25,28). The van der Waals surface area contributed by atoms with Crippen LogP contribution in [-0.4, -0.2) is 49.6 Å². The van der Waals surface area contributed by atoms with Gasteiger partial charge in [0.05, 0.1) is 12.8 Å². The van der Waals surface area contributed by atoms with E-state index in [1.54, 1.807) is 37.4 Å². The molecule has 0 aromatic heterocycles. The zero-order valence-corrected chi connectivity index (χ0v) is 17.0. The number of halogens is 1. The minimum Gasteiger partial charge on any atom is -0.497 e. The average molecular weight is 397 g/mol. The number of rotatable bonds is 5. The third-order valence-corrected chi connectivity index (χ3v) is 6.15. The van der Waals surface area contributed by atoms with Crippen molar-refractivity contribution in [2.24, 2.45) is 0 Å². The Labute approximate surface area is 171 Å². The number of amides is 1. The van der Waals surface area contributed by atoms with Crippen molar-refractivity contribution in [1.29, 1.82) is 0 Å². The summed E-state index contributed by atoms with van der Waals surface area (Å²) in [5.41, 5.74) is 1.52. The van der Waals surface area contributed by atoms with Gasteiger partial charge >= 0.3 is 0 Å². The second-order valence-electron chi connectivity index (χ2n) is 7.96. The molecule has 154 valence electrons. The van der Waals surface area contributed by atoms with E-state index in [1.165, 1.54) is 25.5 Å².